The summed E-state index contributed by atoms with van der Waals surface area (Å²) < 4.78 is 4.60. The van der Waals surface area contributed by atoms with Gasteiger partial charge in [0, 0.05) is 0 Å². The van der Waals surface area contributed by atoms with E-state index in [-0.39, 0.29) is 12.0 Å². The number of carbonyl (C=O) groups is 1. The summed E-state index contributed by atoms with van der Waals surface area (Å²) in [5, 5.41) is 0. The standard InChI is InChI=1S/C5H11NO2/c1-3-8-5(7)4(2)6/h4H,3,6H2,1-2H3/p+1/t4-/m0/s1. The normalized spacial score (nSPS) is 12.9. The lowest BCUT2D eigenvalue weighted by Crippen LogP contribution is -2.63. The number of esters is 1. The molecule has 8 heavy (non-hydrogen) atoms. The highest BCUT2D eigenvalue weighted by Crippen LogP contribution is 1.78. The quantitative estimate of drug-likeness (QED) is 0.482. The zero-order chi connectivity index (χ0) is 6.57. The molecule has 0 saturated heterocycles. The first-order valence-electron chi connectivity index (χ1n) is 2.68. The Hall–Kier alpha value is -0.570. The van der Waals surface area contributed by atoms with Crippen molar-refractivity contribution < 1.29 is 15.3 Å². The van der Waals surface area contributed by atoms with E-state index in [1.54, 1.807) is 13.8 Å². The summed E-state index contributed by atoms with van der Waals surface area (Å²) in [6.45, 7) is 3.93. The second kappa shape index (κ2) is 3.43. The SMILES string of the molecule is CCOC(=O)[C@H](C)[NH3+]. The first kappa shape index (κ1) is 7.43. The first-order valence-corrected chi connectivity index (χ1v) is 2.68. The van der Waals surface area contributed by atoms with Gasteiger partial charge in [-0.05, 0) is 13.8 Å². The summed E-state index contributed by atoms with van der Waals surface area (Å²) in [6.07, 6.45) is 0. The van der Waals surface area contributed by atoms with Gasteiger partial charge in [-0.1, -0.05) is 0 Å². The highest BCUT2D eigenvalue weighted by Gasteiger charge is 2.09. The van der Waals surface area contributed by atoms with Gasteiger partial charge in [-0.2, -0.15) is 0 Å². The molecule has 48 valence electrons. The molecule has 0 rings (SSSR count). The zero-order valence-electron chi connectivity index (χ0n) is 5.31. The molecule has 0 aliphatic rings. The molecule has 0 amide bonds. The molecule has 0 saturated carbocycles. The summed E-state index contributed by atoms with van der Waals surface area (Å²) in [6, 6.07) is -0.241. The fraction of sp³-hybridized carbons (Fsp3) is 0.800. The lowest BCUT2D eigenvalue weighted by atomic mass is 10.4. The average Bonchev–Trinajstić information content (AvgIpc) is 1.67. The molecule has 0 unspecified atom stereocenters. The van der Waals surface area contributed by atoms with Gasteiger partial charge in [0.25, 0.3) is 0 Å². The first-order chi connectivity index (χ1) is 3.68. The van der Waals surface area contributed by atoms with Crippen molar-refractivity contribution in [2.24, 2.45) is 0 Å². The number of quaternary nitrogens is 1. The third-order valence-electron chi connectivity index (χ3n) is 0.689. The Bertz CT molecular complexity index is 80.5. The Labute approximate surface area is 48.8 Å². The number of hydrogen-bond acceptors (Lipinski definition) is 2. The molecule has 3 nitrogen and oxygen atoms in total. The van der Waals surface area contributed by atoms with E-state index >= 15 is 0 Å². The van der Waals surface area contributed by atoms with E-state index in [1.807, 2.05) is 0 Å². The maximum atomic E-state index is 10.5. The van der Waals surface area contributed by atoms with Crippen molar-refractivity contribution in [3.05, 3.63) is 0 Å². The van der Waals surface area contributed by atoms with Crippen LogP contribution in [0.2, 0.25) is 0 Å². The fourth-order valence-electron chi connectivity index (χ4n) is 0.285. The summed E-state index contributed by atoms with van der Waals surface area (Å²) in [5.74, 6) is -0.229. The van der Waals surface area contributed by atoms with Crippen molar-refractivity contribution in [2.75, 3.05) is 6.61 Å². The van der Waals surface area contributed by atoms with Crippen LogP contribution in [-0.2, 0) is 9.53 Å². The van der Waals surface area contributed by atoms with Gasteiger partial charge in [0.2, 0.25) is 0 Å². The Kier molecular flexibility index (Phi) is 3.19. The third-order valence-corrected chi connectivity index (χ3v) is 0.689. The van der Waals surface area contributed by atoms with E-state index < -0.39 is 0 Å². The van der Waals surface area contributed by atoms with E-state index in [1.165, 1.54) is 0 Å². The van der Waals surface area contributed by atoms with Gasteiger partial charge in [0.1, 0.15) is 0 Å². The molecular formula is C5H12NO2+. The Balaban J connectivity index is 3.33. The molecule has 0 bridgehead atoms. The summed E-state index contributed by atoms with van der Waals surface area (Å²) in [5.41, 5.74) is 3.48. The molecule has 3 heteroatoms. The molecular weight excluding hydrogens is 106 g/mol. The van der Waals surface area contributed by atoms with Crippen molar-refractivity contribution in [3.8, 4) is 0 Å². The van der Waals surface area contributed by atoms with Crippen molar-refractivity contribution in [1.29, 1.82) is 0 Å². The van der Waals surface area contributed by atoms with Crippen molar-refractivity contribution in [1.82, 2.24) is 0 Å². The van der Waals surface area contributed by atoms with Crippen LogP contribution in [0.5, 0.6) is 0 Å². The molecule has 0 aliphatic heterocycles. The van der Waals surface area contributed by atoms with Crippen LogP contribution in [-0.4, -0.2) is 18.6 Å². The maximum Gasteiger partial charge on any atom is 0.364 e. The lowest BCUT2D eigenvalue weighted by molar-refractivity contribution is -0.402. The zero-order valence-corrected chi connectivity index (χ0v) is 5.31. The molecule has 0 radical (unpaired) electrons. The van der Waals surface area contributed by atoms with Gasteiger partial charge in [-0.15, -0.1) is 0 Å². The smallest absolute Gasteiger partial charge is 0.364 e. The van der Waals surface area contributed by atoms with Gasteiger partial charge < -0.3 is 10.5 Å². The minimum Gasteiger partial charge on any atom is -0.462 e. The predicted octanol–water partition coefficient (Wildman–Crippen LogP) is -0.820. The van der Waals surface area contributed by atoms with E-state index in [0.717, 1.165) is 0 Å². The van der Waals surface area contributed by atoms with E-state index in [9.17, 15) is 4.79 Å². The highest BCUT2D eigenvalue weighted by atomic mass is 16.5. The monoisotopic (exact) mass is 118 g/mol. The molecule has 0 aromatic rings. The number of carbonyl (C=O) groups excluding carboxylic acids is 1. The third kappa shape index (κ3) is 2.58. The van der Waals surface area contributed by atoms with E-state index in [0.29, 0.717) is 6.61 Å². The summed E-state index contributed by atoms with van der Waals surface area (Å²) in [4.78, 5) is 10.5. The van der Waals surface area contributed by atoms with Crippen molar-refractivity contribution in [2.45, 2.75) is 19.9 Å². The lowest BCUT2D eigenvalue weighted by Gasteiger charge is -1.99. The second-order valence-electron chi connectivity index (χ2n) is 1.65. The van der Waals surface area contributed by atoms with Crippen LogP contribution in [0, 0.1) is 0 Å². The van der Waals surface area contributed by atoms with Crippen LogP contribution < -0.4 is 5.73 Å². The molecule has 0 aliphatic carbocycles. The van der Waals surface area contributed by atoms with Gasteiger partial charge in [-0.25, -0.2) is 4.79 Å². The van der Waals surface area contributed by atoms with Crippen LogP contribution in [0.3, 0.4) is 0 Å². The van der Waals surface area contributed by atoms with E-state index in [4.69, 9.17) is 0 Å². The van der Waals surface area contributed by atoms with Crippen LogP contribution in [0.1, 0.15) is 13.8 Å². The largest absolute Gasteiger partial charge is 0.462 e. The number of hydrogen-bond donors (Lipinski definition) is 1. The minimum atomic E-state index is -0.241. The predicted molar refractivity (Wildman–Crippen MR) is 29.0 cm³/mol. The maximum absolute atomic E-state index is 10.5. The minimum absolute atomic E-state index is 0.229. The van der Waals surface area contributed by atoms with Crippen molar-refractivity contribution >= 4 is 5.97 Å². The molecule has 0 fully saturated rings. The summed E-state index contributed by atoms with van der Waals surface area (Å²) in [7, 11) is 0. The fourth-order valence-corrected chi connectivity index (χ4v) is 0.285. The molecule has 1 atom stereocenters. The molecule has 3 N–H and O–H groups in total. The van der Waals surface area contributed by atoms with Gasteiger partial charge in [0.15, 0.2) is 6.04 Å². The van der Waals surface area contributed by atoms with E-state index in [2.05, 4.69) is 10.5 Å². The molecule has 0 aromatic heterocycles. The van der Waals surface area contributed by atoms with Crippen LogP contribution in [0.25, 0.3) is 0 Å². The Morgan fingerprint density at radius 2 is 2.38 bits per heavy atom. The van der Waals surface area contributed by atoms with Gasteiger partial charge >= 0.3 is 5.97 Å². The van der Waals surface area contributed by atoms with Gasteiger partial charge in [-0.3, -0.25) is 0 Å². The van der Waals surface area contributed by atoms with Gasteiger partial charge in [0.05, 0.1) is 6.61 Å². The number of rotatable bonds is 2. The van der Waals surface area contributed by atoms with Crippen LogP contribution in [0.15, 0.2) is 0 Å². The number of ether oxygens (including phenoxy) is 1. The highest BCUT2D eigenvalue weighted by molar-refractivity contribution is 5.73. The van der Waals surface area contributed by atoms with Crippen molar-refractivity contribution in [3.63, 3.8) is 0 Å². The van der Waals surface area contributed by atoms with Crippen LogP contribution in [0.4, 0.5) is 0 Å². The second-order valence-corrected chi connectivity index (χ2v) is 1.65. The average molecular weight is 118 g/mol. The molecule has 0 heterocycles. The topological polar surface area (TPSA) is 53.9 Å². The Morgan fingerprint density at radius 3 is 2.50 bits per heavy atom. The Morgan fingerprint density at radius 1 is 1.88 bits per heavy atom. The molecule has 0 spiro atoms. The van der Waals surface area contributed by atoms with Crippen LogP contribution >= 0.6 is 0 Å². The molecule has 0 aromatic carbocycles. The summed E-state index contributed by atoms with van der Waals surface area (Å²) >= 11 is 0.